The topological polar surface area (TPSA) is 114 Å². The maximum Gasteiger partial charge on any atom is 0.278 e. The van der Waals surface area contributed by atoms with Crippen molar-refractivity contribution in [2.45, 2.75) is 6.92 Å². The SMILES string of the molecule is Cc1cc(N/N=C/c2ccccc2[N+](=O)[O-])nc(-c2cc(Br)cc(Br)c2O)n1. The Balaban J connectivity index is 1.90. The second-order valence-electron chi connectivity index (χ2n) is 5.69. The third kappa shape index (κ3) is 4.52. The summed E-state index contributed by atoms with van der Waals surface area (Å²) in [5.41, 5.74) is 4.16. The van der Waals surface area contributed by atoms with Gasteiger partial charge in [-0.3, -0.25) is 15.5 Å². The number of nitrogens with one attached hydrogen (secondary N) is 1. The fourth-order valence-corrected chi connectivity index (χ4v) is 3.64. The number of nitrogens with zero attached hydrogens (tertiary/aromatic N) is 4. The van der Waals surface area contributed by atoms with Gasteiger partial charge in [0.25, 0.3) is 5.69 Å². The number of phenols is 1. The highest BCUT2D eigenvalue weighted by atomic mass is 79.9. The van der Waals surface area contributed by atoms with E-state index in [1.54, 1.807) is 43.3 Å². The van der Waals surface area contributed by atoms with Gasteiger partial charge in [-0.1, -0.05) is 28.1 Å². The summed E-state index contributed by atoms with van der Waals surface area (Å²) in [6, 6.07) is 11.4. The van der Waals surface area contributed by atoms with E-state index in [2.05, 4.69) is 52.4 Å². The monoisotopic (exact) mass is 505 g/mol. The van der Waals surface area contributed by atoms with Crippen molar-refractivity contribution in [1.82, 2.24) is 9.97 Å². The van der Waals surface area contributed by atoms with E-state index < -0.39 is 4.92 Å². The Morgan fingerprint density at radius 3 is 2.71 bits per heavy atom. The van der Waals surface area contributed by atoms with Crippen LogP contribution in [-0.2, 0) is 0 Å². The fourth-order valence-electron chi connectivity index (χ4n) is 2.41. The molecule has 28 heavy (non-hydrogen) atoms. The van der Waals surface area contributed by atoms with Gasteiger partial charge in [-0.2, -0.15) is 5.10 Å². The summed E-state index contributed by atoms with van der Waals surface area (Å²) in [7, 11) is 0. The van der Waals surface area contributed by atoms with Gasteiger partial charge in [0.05, 0.1) is 26.7 Å². The molecule has 0 aliphatic rings. The van der Waals surface area contributed by atoms with E-state index in [0.717, 1.165) is 4.47 Å². The minimum atomic E-state index is -0.470. The van der Waals surface area contributed by atoms with Crippen LogP contribution in [0.5, 0.6) is 5.75 Å². The Bertz CT molecular complexity index is 1090. The number of phenolic OH excluding ortho intramolecular Hbond substituents is 1. The molecule has 0 unspecified atom stereocenters. The maximum atomic E-state index is 11.1. The van der Waals surface area contributed by atoms with Gasteiger partial charge in [-0.25, -0.2) is 9.97 Å². The van der Waals surface area contributed by atoms with Gasteiger partial charge >= 0.3 is 0 Å². The molecule has 3 aromatic rings. The average Bonchev–Trinajstić information content (AvgIpc) is 2.64. The normalized spacial score (nSPS) is 11.0. The lowest BCUT2D eigenvalue weighted by Crippen LogP contribution is -2.00. The van der Waals surface area contributed by atoms with Gasteiger partial charge in [0.15, 0.2) is 11.6 Å². The molecule has 2 aromatic carbocycles. The second kappa shape index (κ2) is 8.44. The van der Waals surface area contributed by atoms with E-state index in [1.165, 1.54) is 12.3 Å². The molecule has 2 N–H and O–H groups in total. The molecule has 0 aliphatic heterocycles. The van der Waals surface area contributed by atoms with Crippen molar-refractivity contribution in [2.75, 3.05) is 5.43 Å². The zero-order chi connectivity index (χ0) is 20.3. The lowest BCUT2D eigenvalue weighted by atomic mass is 10.2. The van der Waals surface area contributed by atoms with E-state index >= 15 is 0 Å². The van der Waals surface area contributed by atoms with Gasteiger partial charge in [0.1, 0.15) is 5.75 Å². The number of hydrogen-bond acceptors (Lipinski definition) is 7. The van der Waals surface area contributed by atoms with Crippen molar-refractivity contribution in [2.24, 2.45) is 5.10 Å². The molecule has 1 aromatic heterocycles. The van der Waals surface area contributed by atoms with Crippen molar-refractivity contribution in [3.63, 3.8) is 0 Å². The molecule has 0 radical (unpaired) electrons. The molecule has 0 spiro atoms. The summed E-state index contributed by atoms with van der Waals surface area (Å²) in [5, 5.41) is 25.4. The van der Waals surface area contributed by atoms with Gasteiger partial charge in [0.2, 0.25) is 0 Å². The van der Waals surface area contributed by atoms with Gasteiger partial charge < -0.3 is 5.11 Å². The molecule has 0 saturated heterocycles. The van der Waals surface area contributed by atoms with Crippen molar-refractivity contribution in [3.05, 3.63) is 72.8 Å². The highest BCUT2D eigenvalue weighted by Crippen LogP contribution is 2.37. The molecule has 0 fully saturated rings. The van der Waals surface area contributed by atoms with Gasteiger partial charge in [0, 0.05) is 22.3 Å². The van der Waals surface area contributed by atoms with Crippen LogP contribution in [0.1, 0.15) is 11.3 Å². The lowest BCUT2D eigenvalue weighted by molar-refractivity contribution is -0.385. The maximum absolute atomic E-state index is 11.1. The Morgan fingerprint density at radius 2 is 1.96 bits per heavy atom. The Hall–Kier alpha value is -2.85. The van der Waals surface area contributed by atoms with E-state index in [4.69, 9.17) is 0 Å². The summed E-state index contributed by atoms with van der Waals surface area (Å²) in [4.78, 5) is 19.3. The third-order valence-electron chi connectivity index (χ3n) is 3.64. The van der Waals surface area contributed by atoms with Crippen LogP contribution in [0.3, 0.4) is 0 Å². The van der Waals surface area contributed by atoms with E-state index in [-0.39, 0.29) is 11.4 Å². The molecule has 1 heterocycles. The standard InChI is InChI=1S/C18H13Br2N5O3/c1-10-6-16(24-21-9-11-4-2-3-5-15(11)25(27)28)23-18(22-10)13-7-12(19)8-14(20)17(13)26/h2-9,26H,1H3,(H,22,23,24)/b21-9+. The number of aromatic nitrogens is 2. The molecule has 142 valence electrons. The first-order valence-corrected chi connectivity index (χ1v) is 9.50. The average molecular weight is 507 g/mol. The second-order valence-corrected chi connectivity index (χ2v) is 7.46. The van der Waals surface area contributed by atoms with Crippen LogP contribution in [0, 0.1) is 17.0 Å². The molecule has 0 bridgehead atoms. The van der Waals surface area contributed by atoms with Crippen LogP contribution in [0.4, 0.5) is 11.5 Å². The van der Waals surface area contributed by atoms with Gasteiger partial charge in [-0.05, 0) is 41.1 Å². The highest BCUT2D eigenvalue weighted by molar-refractivity contribution is 9.11. The fraction of sp³-hybridized carbons (Fsp3) is 0.0556. The minimum Gasteiger partial charge on any atom is -0.506 e. The number of aromatic hydroxyl groups is 1. The zero-order valence-electron chi connectivity index (χ0n) is 14.4. The lowest BCUT2D eigenvalue weighted by Gasteiger charge is -2.09. The Kier molecular flexibility index (Phi) is 6.00. The molecular formula is C18H13Br2N5O3. The summed E-state index contributed by atoms with van der Waals surface area (Å²) in [5.74, 6) is 0.707. The number of para-hydroxylation sites is 1. The van der Waals surface area contributed by atoms with Crippen molar-refractivity contribution >= 4 is 49.6 Å². The van der Waals surface area contributed by atoms with Crippen LogP contribution in [0.25, 0.3) is 11.4 Å². The molecule has 0 amide bonds. The van der Waals surface area contributed by atoms with Crippen LogP contribution in [0.2, 0.25) is 0 Å². The zero-order valence-corrected chi connectivity index (χ0v) is 17.6. The molecule has 10 heteroatoms. The van der Waals surface area contributed by atoms with Crippen molar-refractivity contribution < 1.29 is 10.0 Å². The molecule has 3 rings (SSSR count). The summed E-state index contributed by atoms with van der Waals surface area (Å²) >= 11 is 6.66. The first-order valence-electron chi connectivity index (χ1n) is 7.91. The molecular weight excluding hydrogens is 494 g/mol. The quantitative estimate of drug-likeness (QED) is 0.285. The predicted octanol–water partition coefficient (Wildman–Crippen LogP) is 5.04. The summed E-state index contributed by atoms with van der Waals surface area (Å²) in [6.07, 6.45) is 1.35. The van der Waals surface area contributed by atoms with Crippen LogP contribution >= 0.6 is 31.9 Å². The minimum absolute atomic E-state index is 0.0168. The highest BCUT2D eigenvalue weighted by Gasteiger charge is 2.14. The number of anilines is 1. The number of hydrazone groups is 1. The largest absolute Gasteiger partial charge is 0.506 e. The van der Waals surface area contributed by atoms with E-state index in [0.29, 0.717) is 32.9 Å². The van der Waals surface area contributed by atoms with Crippen LogP contribution < -0.4 is 5.43 Å². The smallest absolute Gasteiger partial charge is 0.278 e. The number of rotatable bonds is 5. The number of halogens is 2. The number of benzene rings is 2. The van der Waals surface area contributed by atoms with Crippen molar-refractivity contribution in [1.29, 1.82) is 0 Å². The molecule has 0 saturated carbocycles. The number of aryl methyl sites for hydroxylation is 1. The summed E-state index contributed by atoms with van der Waals surface area (Å²) < 4.78 is 1.26. The first kappa shape index (κ1) is 19.9. The Labute approximate surface area is 176 Å². The van der Waals surface area contributed by atoms with Crippen LogP contribution in [-0.4, -0.2) is 26.2 Å². The Morgan fingerprint density at radius 1 is 1.21 bits per heavy atom. The summed E-state index contributed by atoms with van der Waals surface area (Å²) in [6.45, 7) is 1.78. The predicted molar refractivity (Wildman–Crippen MR) is 114 cm³/mol. The third-order valence-corrected chi connectivity index (χ3v) is 4.70. The molecule has 0 atom stereocenters. The first-order chi connectivity index (χ1) is 13.3. The van der Waals surface area contributed by atoms with E-state index in [9.17, 15) is 15.2 Å². The van der Waals surface area contributed by atoms with Gasteiger partial charge in [-0.15, -0.1) is 0 Å². The molecule has 8 nitrogen and oxygen atoms in total. The number of nitro benzene ring substituents is 1. The molecule has 0 aliphatic carbocycles. The number of hydrogen-bond donors (Lipinski definition) is 2. The number of nitro groups is 1. The van der Waals surface area contributed by atoms with E-state index in [1.807, 2.05) is 0 Å². The van der Waals surface area contributed by atoms with Crippen molar-refractivity contribution in [3.8, 4) is 17.1 Å². The van der Waals surface area contributed by atoms with Crippen LogP contribution in [0.15, 0.2) is 56.5 Å².